The van der Waals surface area contributed by atoms with Crippen LogP contribution in [0.1, 0.15) is 0 Å². The molecule has 0 N–H and O–H groups in total. The first-order chi connectivity index (χ1) is 38.2. The summed E-state index contributed by atoms with van der Waals surface area (Å²) >= 11 is 0. The summed E-state index contributed by atoms with van der Waals surface area (Å²) in [5, 5.41) is 7.72. The number of anilines is 6. The molecule has 14 rings (SSSR count). The van der Waals surface area contributed by atoms with Gasteiger partial charge in [-0.25, -0.2) is 19.9 Å². The Morgan fingerprint density at radius 1 is 0.244 bits per heavy atom. The highest BCUT2D eigenvalue weighted by Crippen LogP contribution is 2.50. The highest BCUT2D eigenvalue weighted by atomic mass is 28.3. The smallest absolute Gasteiger partial charge is 0.160 e. The zero-order valence-electron chi connectivity index (χ0n) is 43.9. The molecule has 0 aliphatic carbocycles. The van der Waals surface area contributed by atoms with E-state index in [1.807, 2.05) is 12.1 Å². The van der Waals surface area contributed by atoms with E-state index >= 15 is 0 Å². The molecule has 0 spiro atoms. The first-order valence-corrected chi connectivity index (χ1v) is 32.8. The van der Waals surface area contributed by atoms with Crippen molar-refractivity contribution in [3.8, 4) is 67.8 Å². The van der Waals surface area contributed by atoms with Gasteiger partial charge in [-0.15, -0.1) is 0 Å². The minimum absolute atomic E-state index is 0.670. The molecule has 0 radical (unpaired) electrons. The van der Waals surface area contributed by atoms with Gasteiger partial charge in [-0.2, -0.15) is 0 Å². The molecule has 8 heteroatoms. The van der Waals surface area contributed by atoms with Gasteiger partial charge in [-0.1, -0.05) is 220 Å². The van der Waals surface area contributed by atoms with E-state index in [1.165, 1.54) is 43.5 Å². The fraction of sp³-hybridized carbons (Fsp3) is 0.0571. The van der Waals surface area contributed by atoms with E-state index < -0.39 is 16.1 Å². The molecular weight excluding hydrogens is 981 g/mol. The van der Waals surface area contributed by atoms with Crippen LogP contribution in [0, 0.1) is 0 Å². The molecule has 0 bridgehead atoms. The lowest BCUT2D eigenvalue weighted by atomic mass is 9.94. The van der Waals surface area contributed by atoms with Crippen molar-refractivity contribution in [1.82, 2.24) is 19.9 Å². The van der Waals surface area contributed by atoms with Gasteiger partial charge in [0, 0.05) is 66.9 Å². The van der Waals surface area contributed by atoms with Crippen molar-refractivity contribution in [3.05, 3.63) is 255 Å². The Labute approximate surface area is 457 Å². The molecule has 0 atom stereocenters. The van der Waals surface area contributed by atoms with Gasteiger partial charge in [0.2, 0.25) is 0 Å². The van der Waals surface area contributed by atoms with Crippen molar-refractivity contribution in [2.75, 3.05) is 9.80 Å². The maximum absolute atomic E-state index is 5.53. The Kier molecular flexibility index (Phi) is 11.3. The third-order valence-corrected chi connectivity index (χ3v) is 23.1. The summed E-state index contributed by atoms with van der Waals surface area (Å²) in [7, 11) is -4.39. The summed E-state index contributed by atoms with van der Waals surface area (Å²) in [6, 6.07) is 91.9. The first-order valence-electron chi connectivity index (χ1n) is 26.8. The van der Waals surface area contributed by atoms with E-state index in [0.29, 0.717) is 11.6 Å². The number of rotatable bonds is 8. The molecule has 4 heterocycles. The number of para-hydroxylation sites is 4. The third-order valence-electron chi connectivity index (χ3n) is 16.0. The summed E-state index contributed by atoms with van der Waals surface area (Å²) in [5.74, 6) is 1.34. The number of hydrogen-bond donors (Lipinski definition) is 0. The predicted octanol–water partition coefficient (Wildman–Crippen LogP) is 15.6. The van der Waals surface area contributed by atoms with Gasteiger partial charge in [0.15, 0.2) is 11.6 Å². The molecule has 0 fully saturated rings. The van der Waals surface area contributed by atoms with Crippen LogP contribution in [-0.2, 0) is 0 Å². The fourth-order valence-corrected chi connectivity index (χ4v) is 18.1. The van der Waals surface area contributed by atoms with Gasteiger partial charge in [-0.05, 0) is 81.4 Å². The van der Waals surface area contributed by atoms with Gasteiger partial charge in [-0.3, -0.25) is 0 Å². The highest BCUT2D eigenvalue weighted by Gasteiger charge is 2.41. The second-order valence-electron chi connectivity index (χ2n) is 21.5. The van der Waals surface area contributed by atoms with Gasteiger partial charge >= 0.3 is 0 Å². The average molecular weight is 1040 g/mol. The van der Waals surface area contributed by atoms with Crippen molar-refractivity contribution in [3.63, 3.8) is 0 Å². The largest absolute Gasteiger partial charge is 0.310 e. The van der Waals surface area contributed by atoms with E-state index in [9.17, 15) is 0 Å². The minimum atomic E-state index is -2.20. The van der Waals surface area contributed by atoms with Crippen LogP contribution < -0.4 is 30.5 Å². The maximum Gasteiger partial charge on any atom is 0.160 e. The Hall–Kier alpha value is -9.35. The number of nitrogens with zero attached hydrogens (tertiary/aromatic N) is 6. The van der Waals surface area contributed by atoms with E-state index in [0.717, 1.165) is 78.3 Å². The normalized spacial score (nSPS) is 13.8. The standard InChI is InChI=1S/C70H54N6Si2/c1-77(2)65-37-21-17-33-59(65)75(60-34-18-22-38-66(60)77)63-43-51(57-45-55(47-25-9-5-10-26-47)71-69(73-57)49-29-13-7-14-30-49)42-54-53(63)41-52(58-46-56(48-27-11-6-12-28-48)72-70(74-58)50-31-15-8-16-32-50)44-64(54)76-61-35-19-23-39-67(61)78(3,4)68-40-24-20-36-62(68)76/h5-46H,1-4H3. The van der Waals surface area contributed by atoms with Gasteiger partial charge in [0.25, 0.3) is 0 Å². The van der Waals surface area contributed by atoms with Crippen LogP contribution in [0.2, 0.25) is 26.2 Å². The van der Waals surface area contributed by atoms with Crippen molar-refractivity contribution < 1.29 is 0 Å². The van der Waals surface area contributed by atoms with E-state index in [4.69, 9.17) is 19.9 Å². The molecule has 78 heavy (non-hydrogen) atoms. The third kappa shape index (κ3) is 7.90. The number of hydrogen-bond acceptors (Lipinski definition) is 6. The van der Waals surface area contributed by atoms with Gasteiger partial charge < -0.3 is 9.80 Å². The van der Waals surface area contributed by atoms with Crippen molar-refractivity contribution >= 4 is 81.8 Å². The quantitative estimate of drug-likeness (QED) is 0.141. The molecule has 12 aromatic rings. The van der Waals surface area contributed by atoms with E-state index in [1.54, 1.807) is 0 Å². The van der Waals surface area contributed by atoms with E-state index in [-0.39, 0.29) is 0 Å². The van der Waals surface area contributed by atoms with Gasteiger partial charge in [0.1, 0.15) is 16.1 Å². The molecule has 10 aromatic carbocycles. The summed E-state index contributed by atoms with van der Waals surface area (Å²) in [6.45, 7) is 9.96. The second-order valence-corrected chi connectivity index (χ2v) is 30.1. The molecule has 6 nitrogen and oxygen atoms in total. The molecule has 2 aliphatic rings. The van der Waals surface area contributed by atoms with Crippen LogP contribution in [0.15, 0.2) is 255 Å². The number of benzene rings is 10. The number of aromatic nitrogens is 4. The average Bonchev–Trinajstić information content (AvgIpc) is 3.68. The Bertz CT molecular complexity index is 3790. The van der Waals surface area contributed by atoms with Crippen LogP contribution in [0.4, 0.5) is 34.1 Å². The molecule has 0 saturated heterocycles. The van der Waals surface area contributed by atoms with Crippen LogP contribution in [-0.4, -0.2) is 36.1 Å². The SMILES string of the molecule is C[Si]1(C)c2ccccc2N(c2cc(-c3cc(-c4ccccc4)nc(-c4ccccc4)n3)cc3c(N4c5ccccc5[Si](C)(C)c5ccccc54)cc(-c4cc(-c5ccccc5)nc(-c5ccccc5)n4)cc23)c2ccccc21. The molecule has 2 aliphatic heterocycles. The summed E-state index contributed by atoms with van der Waals surface area (Å²) in [6.07, 6.45) is 0. The minimum Gasteiger partial charge on any atom is -0.310 e. The monoisotopic (exact) mass is 1030 g/mol. The van der Waals surface area contributed by atoms with Crippen molar-refractivity contribution in [2.24, 2.45) is 0 Å². The zero-order valence-corrected chi connectivity index (χ0v) is 45.9. The second kappa shape index (κ2) is 18.7. The zero-order chi connectivity index (χ0) is 52.5. The Balaban J connectivity index is 1.15. The van der Waals surface area contributed by atoms with Crippen LogP contribution in [0.5, 0.6) is 0 Å². The predicted molar refractivity (Wildman–Crippen MR) is 331 cm³/mol. The highest BCUT2D eigenvalue weighted by molar-refractivity contribution is 7.03. The molecular formula is C70H54N6Si2. The molecule has 2 aromatic heterocycles. The topological polar surface area (TPSA) is 58.0 Å². The number of fused-ring (bicyclic) bond motifs is 5. The first kappa shape index (κ1) is 47.1. The summed E-state index contributed by atoms with van der Waals surface area (Å²) in [5.41, 5.74) is 16.2. The fourth-order valence-electron chi connectivity index (χ4n) is 12.1. The molecule has 0 amide bonds. The van der Waals surface area contributed by atoms with Gasteiger partial charge in [0.05, 0.1) is 34.2 Å². The van der Waals surface area contributed by atoms with Crippen LogP contribution in [0.25, 0.3) is 78.6 Å². The molecule has 0 unspecified atom stereocenters. The van der Waals surface area contributed by atoms with Crippen molar-refractivity contribution in [1.29, 1.82) is 0 Å². The lowest BCUT2D eigenvalue weighted by Gasteiger charge is -2.42. The van der Waals surface area contributed by atoms with Crippen LogP contribution >= 0.6 is 0 Å². The summed E-state index contributed by atoms with van der Waals surface area (Å²) in [4.78, 5) is 26.7. The lowest BCUT2D eigenvalue weighted by molar-refractivity contribution is 1.18. The van der Waals surface area contributed by atoms with Crippen LogP contribution in [0.3, 0.4) is 0 Å². The lowest BCUT2D eigenvalue weighted by Crippen LogP contribution is -2.58. The Morgan fingerprint density at radius 2 is 0.500 bits per heavy atom. The molecule has 372 valence electrons. The molecule has 0 saturated carbocycles. The summed E-state index contributed by atoms with van der Waals surface area (Å²) < 4.78 is 0. The van der Waals surface area contributed by atoms with Crippen molar-refractivity contribution in [2.45, 2.75) is 26.2 Å². The Morgan fingerprint density at radius 3 is 0.808 bits per heavy atom. The maximum atomic E-state index is 5.53. The van der Waals surface area contributed by atoms with E-state index in [2.05, 4.69) is 279 Å².